The number of rotatable bonds is 7. The van der Waals surface area contributed by atoms with Crippen LogP contribution in [0.2, 0.25) is 5.02 Å². The van der Waals surface area contributed by atoms with E-state index in [2.05, 4.69) is 24.5 Å². The summed E-state index contributed by atoms with van der Waals surface area (Å²) >= 11 is 6.12. The molecule has 0 atom stereocenters. The van der Waals surface area contributed by atoms with Crippen molar-refractivity contribution >= 4 is 29.1 Å². The van der Waals surface area contributed by atoms with E-state index in [9.17, 15) is 9.59 Å². The Hall–Kier alpha value is -1.75. The van der Waals surface area contributed by atoms with E-state index in [4.69, 9.17) is 16.3 Å². The summed E-state index contributed by atoms with van der Waals surface area (Å²) in [6, 6.07) is 3.54. The van der Waals surface area contributed by atoms with Crippen molar-refractivity contribution in [3.8, 4) is 5.75 Å². The summed E-state index contributed by atoms with van der Waals surface area (Å²) < 4.78 is 5.32. The van der Waals surface area contributed by atoms with E-state index < -0.39 is 0 Å². The Labute approximate surface area is 167 Å². The molecule has 1 saturated carbocycles. The Bertz CT molecular complexity index is 668. The SMILES string of the molecule is COc1cc(Cl)c(C)cc1NC(=O)C1CCC(C(=O)NCCC(C)C)CC1. The number of nitrogens with one attached hydrogen (secondary N) is 2. The topological polar surface area (TPSA) is 67.4 Å². The summed E-state index contributed by atoms with van der Waals surface area (Å²) in [6.07, 6.45) is 3.95. The molecule has 1 aromatic carbocycles. The van der Waals surface area contributed by atoms with Crippen LogP contribution in [0.3, 0.4) is 0 Å². The van der Waals surface area contributed by atoms with Crippen molar-refractivity contribution in [2.75, 3.05) is 19.0 Å². The van der Waals surface area contributed by atoms with Crippen LogP contribution >= 0.6 is 11.6 Å². The predicted molar refractivity (Wildman–Crippen MR) is 109 cm³/mol. The Morgan fingerprint density at radius 1 is 1.15 bits per heavy atom. The second-order valence-electron chi connectivity index (χ2n) is 7.81. The highest BCUT2D eigenvalue weighted by molar-refractivity contribution is 6.31. The van der Waals surface area contributed by atoms with Gasteiger partial charge in [0.15, 0.2) is 0 Å². The normalized spacial score (nSPS) is 19.6. The molecular weight excluding hydrogens is 364 g/mol. The molecule has 0 heterocycles. The molecule has 0 bridgehead atoms. The van der Waals surface area contributed by atoms with Gasteiger partial charge in [-0.15, -0.1) is 0 Å². The van der Waals surface area contributed by atoms with Gasteiger partial charge >= 0.3 is 0 Å². The number of carbonyl (C=O) groups is 2. The van der Waals surface area contributed by atoms with E-state index in [1.54, 1.807) is 13.2 Å². The number of anilines is 1. The third-order valence-electron chi connectivity index (χ3n) is 5.23. The molecule has 1 aliphatic carbocycles. The van der Waals surface area contributed by atoms with Gasteiger partial charge in [-0.3, -0.25) is 9.59 Å². The lowest BCUT2D eigenvalue weighted by atomic mass is 9.81. The van der Waals surface area contributed by atoms with Crippen molar-refractivity contribution in [2.45, 2.75) is 52.9 Å². The van der Waals surface area contributed by atoms with Crippen LogP contribution in [0.25, 0.3) is 0 Å². The van der Waals surface area contributed by atoms with Crippen molar-refractivity contribution < 1.29 is 14.3 Å². The number of hydrogen-bond donors (Lipinski definition) is 2. The minimum absolute atomic E-state index is 0.0197. The van der Waals surface area contributed by atoms with Crippen LogP contribution in [0.4, 0.5) is 5.69 Å². The molecule has 0 aromatic heterocycles. The van der Waals surface area contributed by atoms with Crippen molar-refractivity contribution in [3.05, 3.63) is 22.7 Å². The third-order valence-corrected chi connectivity index (χ3v) is 5.64. The maximum Gasteiger partial charge on any atom is 0.227 e. The largest absolute Gasteiger partial charge is 0.495 e. The van der Waals surface area contributed by atoms with Crippen molar-refractivity contribution in [1.29, 1.82) is 0 Å². The van der Waals surface area contributed by atoms with Crippen LogP contribution in [-0.2, 0) is 9.59 Å². The first kappa shape index (κ1) is 21.5. The number of aryl methyl sites for hydroxylation is 1. The zero-order chi connectivity index (χ0) is 20.0. The number of ether oxygens (including phenoxy) is 1. The average Bonchev–Trinajstić information content (AvgIpc) is 2.64. The first-order chi connectivity index (χ1) is 12.8. The summed E-state index contributed by atoms with van der Waals surface area (Å²) in [6.45, 7) is 6.91. The van der Waals surface area contributed by atoms with Crippen LogP contribution in [0.1, 0.15) is 51.5 Å². The standard InChI is InChI=1S/C21H31ClN2O3/c1-13(2)9-10-23-20(25)15-5-7-16(8-6-15)21(26)24-18-11-14(3)17(22)12-19(18)27-4/h11-13,15-16H,5-10H2,1-4H3,(H,23,25)(H,24,26). The molecule has 0 saturated heterocycles. The smallest absolute Gasteiger partial charge is 0.227 e. The molecule has 150 valence electrons. The molecule has 1 aliphatic rings. The fraction of sp³-hybridized carbons (Fsp3) is 0.619. The lowest BCUT2D eigenvalue weighted by molar-refractivity contribution is -0.128. The van der Waals surface area contributed by atoms with Crippen LogP contribution in [0, 0.1) is 24.7 Å². The van der Waals surface area contributed by atoms with Gasteiger partial charge in [0, 0.05) is 29.5 Å². The van der Waals surface area contributed by atoms with Crippen LogP contribution in [0.15, 0.2) is 12.1 Å². The van der Waals surface area contributed by atoms with Gasteiger partial charge in [0.2, 0.25) is 11.8 Å². The molecule has 1 fully saturated rings. The van der Waals surface area contributed by atoms with Gasteiger partial charge in [-0.1, -0.05) is 25.4 Å². The third kappa shape index (κ3) is 6.13. The highest BCUT2D eigenvalue weighted by Gasteiger charge is 2.30. The minimum Gasteiger partial charge on any atom is -0.495 e. The van der Waals surface area contributed by atoms with E-state index in [0.29, 0.717) is 22.4 Å². The van der Waals surface area contributed by atoms with Gasteiger partial charge in [-0.25, -0.2) is 0 Å². The zero-order valence-electron chi connectivity index (χ0n) is 16.7. The highest BCUT2D eigenvalue weighted by Crippen LogP contribution is 2.33. The Kier molecular flexibility index (Phi) is 7.96. The van der Waals surface area contributed by atoms with Gasteiger partial charge in [-0.05, 0) is 56.6 Å². The molecule has 5 nitrogen and oxygen atoms in total. The van der Waals surface area contributed by atoms with E-state index in [1.165, 1.54) is 0 Å². The number of benzene rings is 1. The number of halogens is 1. The van der Waals surface area contributed by atoms with Gasteiger partial charge in [0.25, 0.3) is 0 Å². The predicted octanol–water partition coefficient (Wildman–Crippen LogP) is 4.56. The van der Waals surface area contributed by atoms with Crippen LogP contribution in [0.5, 0.6) is 5.75 Å². The van der Waals surface area contributed by atoms with Crippen LogP contribution < -0.4 is 15.4 Å². The Morgan fingerprint density at radius 3 is 2.30 bits per heavy atom. The number of carbonyl (C=O) groups excluding carboxylic acids is 2. The second kappa shape index (κ2) is 9.98. The molecule has 0 radical (unpaired) electrons. The highest BCUT2D eigenvalue weighted by atomic mass is 35.5. The molecule has 0 spiro atoms. The first-order valence-electron chi connectivity index (χ1n) is 9.74. The Morgan fingerprint density at radius 2 is 1.74 bits per heavy atom. The maximum atomic E-state index is 12.7. The summed E-state index contributed by atoms with van der Waals surface area (Å²) in [5.74, 6) is 1.19. The molecule has 1 aromatic rings. The number of methoxy groups -OCH3 is 1. The molecule has 0 aliphatic heterocycles. The van der Waals surface area contributed by atoms with E-state index in [1.807, 2.05) is 13.0 Å². The molecule has 2 amide bonds. The second-order valence-corrected chi connectivity index (χ2v) is 8.22. The van der Waals surface area contributed by atoms with E-state index in [0.717, 1.165) is 44.2 Å². The van der Waals surface area contributed by atoms with Crippen molar-refractivity contribution in [2.24, 2.45) is 17.8 Å². The molecular formula is C21H31ClN2O3. The quantitative estimate of drug-likeness (QED) is 0.712. The number of amides is 2. The summed E-state index contributed by atoms with van der Waals surface area (Å²) in [5, 5.41) is 6.60. The van der Waals surface area contributed by atoms with Gasteiger partial charge in [-0.2, -0.15) is 0 Å². The summed E-state index contributed by atoms with van der Waals surface area (Å²) in [4.78, 5) is 24.9. The monoisotopic (exact) mass is 394 g/mol. The minimum atomic E-state index is -0.0783. The van der Waals surface area contributed by atoms with Gasteiger partial charge in [0.1, 0.15) is 5.75 Å². The summed E-state index contributed by atoms with van der Waals surface area (Å²) in [7, 11) is 1.56. The van der Waals surface area contributed by atoms with Crippen molar-refractivity contribution in [1.82, 2.24) is 5.32 Å². The average molecular weight is 395 g/mol. The Balaban J connectivity index is 1.86. The van der Waals surface area contributed by atoms with Crippen molar-refractivity contribution in [3.63, 3.8) is 0 Å². The van der Waals surface area contributed by atoms with E-state index >= 15 is 0 Å². The lowest BCUT2D eigenvalue weighted by Gasteiger charge is -2.27. The molecule has 0 unspecified atom stereocenters. The molecule has 27 heavy (non-hydrogen) atoms. The van der Waals surface area contributed by atoms with E-state index in [-0.39, 0.29) is 23.7 Å². The first-order valence-corrected chi connectivity index (χ1v) is 10.1. The zero-order valence-corrected chi connectivity index (χ0v) is 17.5. The van der Waals surface area contributed by atoms with Crippen LogP contribution in [-0.4, -0.2) is 25.5 Å². The fourth-order valence-corrected chi connectivity index (χ4v) is 3.56. The molecule has 2 rings (SSSR count). The summed E-state index contributed by atoms with van der Waals surface area (Å²) in [5.41, 5.74) is 1.52. The maximum absolute atomic E-state index is 12.7. The van der Waals surface area contributed by atoms with Gasteiger partial charge < -0.3 is 15.4 Å². The molecule has 2 N–H and O–H groups in total. The lowest BCUT2D eigenvalue weighted by Crippen LogP contribution is -2.36. The number of hydrogen-bond acceptors (Lipinski definition) is 3. The van der Waals surface area contributed by atoms with Gasteiger partial charge in [0.05, 0.1) is 12.8 Å². The fourth-order valence-electron chi connectivity index (χ4n) is 3.41. The molecule has 6 heteroatoms.